The Morgan fingerprint density at radius 3 is 2.35 bits per heavy atom. The summed E-state index contributed by atoms with van der Waals surface area (Å²) in [5.74, 6) is 0.415. The first kappa shape index (κ1) is 21.8. The molecule has 0 unspecified atom stereocenters. The number of carbonyl (C=O) groups is 1. The highest BCUT2D eigenvalue weighted by molar-refractivity contribution is 5.99. The van der Waals surface area contributed by atoms with Gasteiger partial charge in [0.25, 0.3) is 0 Å². The first-order chi connectivity index (χ1) is 15.2. The topological polar surface area (TPSA) is 50.8 Å². The Bertz CT molecular complexity index is 842. The SMILES string of the molecule is O=C(Nc1ccc(OCCN2CCCCC2)cc1)C1(c2ccc(F)cc2)CCOCC1. The Hall–Kier alpha value is -2.44. The molecule has 0 atom stereocenters. The molecule has 1 amide bonds. The van der Waals surface area contributed by atoms with E-state index in [-0.39, 0.29) is 11.7 Å². The number of hydrogen-bond donors (Lipinski definition) is 1. The van der Waals surface area contributed by atoms with Gasteiger partial charge in [0.2, 0.25) is 5.91 Å². The molecule has 31 heavy (non-hydrogen) atoms. The van der Waals surface area contributed by atoms with E-state index in [1.54, 1.807) is 12.1 Å². The summed E-state index contributed by atoms with van der Waals surface area (Å²) in [6, 6.07) is 13.8. The Labute approximate surface area is 183 Å². The van der Waals surface area contributed by atoms with Crippen LogP contribution in [0.15, 0.2) is 48.5 Å². The quantitative estimate of drug-likeness (QED) is 0.714. The van der Waals surface area contributed by atoms with Crippen molar-refractivity contribution in [1.82, 2.24) is 4.90 Å². The first-order valence-electron chi connectivity index (χ1n) is 11.3. The van der Waals surface area contributed by atoms with Crippen LogP contribution >= 0.6 is 0 Å². The molecule has 2 aliphatic heterocycles. The van der Waals surface area contributed by atoms with Gasteiger partial charge in [-0.1, -0.05) is 18.6 Å². The average molecular weight is 427 g/mol. The van der Waals surface area contributed by atoms with E-state index in [0.29, 0.717) is 32.7 Å². The normalized spacial score (nSPS) is 19.0. The number of hydrogen-bond acceptors (Lipinski definition) is 4. The van der Waals surface area contributed by atoms with Gasteiger partial charge >= 0.3 is 0 Å². The molecular formula is C25H31FN2O3. The number of benzene rings is 2. The number of carbonyl (C=O) groups excluding carboxylic acids is 1. The molecule has 2 heterocycles. The minimum atomic E-state index is -0.713. The second-order valence-electron chi connectivity index (χ2n) is 8.43. The zero-order chi connectivity index (χ0) is 21.5. The number of ether oxygens (including phenoxy) is 2. The molecule has 0 bridgehead atoms. The predicted molar refractivity (Wildman–Crippen MR) is 119 cm³/mol. The van der Waals surface area contributed by atoms with E-state index < -0.39 is 5.41 Å². The molecule has 4 rings (SSSR count). The average Bonchev–Trinajstić information content (AvgIpc) is 2.82. The highest BCUT2D eigenvalue weighted by Gasteiger charge is 2.41. The summed E-state index contributed by atoms with van der Waals surface area (Å²) < 4.78 is 24.8. The van der Waals surface area contributed by atoms with Crippen LogP contribution in [0.2, 0.25) is 0 Å². The lowest BCUT2D eigenvalue weighted by molar-refractivity contribution is -0.125. The fourth-order valence-corrected chi connectivity index (χ4v) is 4.50. The van der Waals surface area contributed by atoms with Crippen molar-refractivity contribution in [2.45, 2.75) is 37.5 Å². The van der Waals surface area contributed by atoms with Gasteiger partial charge in [0.05, 0.1) is 5.41 Å². The third kappa shape index (κ3) is 5.43. The van der Waals surface area contributed by atoms with E-state index in [4.69, 9.17) is 9.47 Å². The van der Waals surface area contributed by atoms with Crippen LogP contribution in [0.5, 0.6) is 5.75 Å². The number of likely N-dealkylation sites (tertiary alicyclic amines) is 1. The minimum Gasteiger partial charge on any atom is -0.492 e. The molecule has 2 aromatic rings. The summed E-state index contributed by atoms with van der Waals surface area (Å²) in [4.78, 5) is 15.8. The van der Waals surface area contributed by atoms with Crippen LogP contribution in [-0.4, -0.2) is 50.3 Å². The van der Waals surface area contributed by atoms with Crippen molar-refractivity contribution < 1.29 is 18.7 Å². The molecule has 1 N–H and O–H groups in total. The fraction of sp³-hybridized carbons (Fsp3) is 0.480. The lowest BCUT2D eigenvalue weighted by Gasteiger charge is -2.36. The van der Waals surface area contributed by atoms with E-state index >= 15 is 0 Å². The van der Waals surface area contributed by atoms with Crippen LogP contribution in [0, 0.1) is 5.82 Å². The summed E-state index contributed by atoms with van der Waals surface area (Å²) in [6.45, 7) is 4.95. The van der Waals surface area contributed by atoms with Gasteiger partial charge in [-0.05, 0) is 80.7 Å². The van der Waals surface area contributed by atoms with Crippen LogP contribution in [-0.2, 0) is 14.9 Å². The molecule has 0 aromatic heterocycles. The Morgan fingerprint density at radius 1 is 1.00 bits per heavy atom. The Morgan fingerprint density at radius 2 is 1.68 bits per heavy atom. The standard InChI is InChI=1S/C25H31FN2O3/c26-21-6-4-20(5-7-21)25(12-17-30-18-13-25)24(29)27-22-8-10-23(11-9-22)31-19-16-28-14-2-1-3-15-28/h4-11H,1-3,12-19H2,(H,27,29). The summed E-state index contributed by atoms with van der Waals surface area (Å²) in [5, 5.41) is 3.05. The van der Waals surface area contributed by atoms with Crippen molar-refractivity contribution in [2.24, 2.45) is 0 Å². The monoisotopic (exact) mass is 426 g/mol. The van der Waals surface area contributed by atoms with Crippen LogP contribution < -0.4 is 10.1 Å². The third-order valence-corrected chi connectivity index (χ3v) is 6.41. The molecule has 5 nitrogen and oxygen atoms in total. The lowest BCUT2D eigenvalue weighted by Crippen LogP contribution is -2.44. The summed E-state index contributed by atoms with van der Waals surface area (Å²) in [7, 11) is 0. The van der Waals surface area contributed by atoms with Crippen LogP contribution in [0.4, 0.5) is 10.1 Å². The second kappa shape index (κ2) is 10.2. The molecular weight excluding hydrogens is 395 g/mol. The molecule has 0 aliphatic carbocycles. The lowest BCUT2D eigenvalue weighted by atomic mass is 9.73. The highest BCUT2D eigenvalue weighted by atomic mass is 19.1. The smallest absolute Gasteiger partial charge is 0.235 e. The zero-order valence-corrected chi connectivity index (χ0v) is 17.9. The molecule has 2 aromatic carbocycles. The van der Waals surface area contributed by atoms with E-state index in [2.05, 4.69) is 10.2 Å². The summed E-state index contributed by atoms with van der Waals surface area (Å²) >= 11 is 0. The van der Waals surface area contributed by atoms with Crippen LogP contribution in [0.1, 0.15) is 37.7 Å². The molecule has 0 saturated carbocycles. The fourth-order valence-electron chi connectivity index (χ4n) is 4.50. The van der Waals surface area contributed by atoms with E-state index in [1.165, 1.54) is 31.4 Å². The minimum absolute atomic E-state index is 0.0822. The molecule has 2 fully saturated rings. The molecule has 0 spiro atoms. The first-order valence-corrected chi connectivity index (χ1v) is 11.3. The molecule has 2 saturated heterocycles. The predicted octanol–water partition coefficient (Wildman–Crippen LogP) is 4.38. The van der Waals surface area contributed by atoms with Crippen molar-refractivity contribution in [3.05, 3.63) is 59.9 Å². The van der Waals surface area contributed by atoms with Gasteiger partial charge in [0, 0.05) is 25.4 Å². The maximum absolute atomic E-state index is 13.4. The molecule has 0 radical (unpaired) electrons. The van der Waals surface area contributed by atoms with Crippen molar-refractivity contribution in [3.63, 3.8) is 0 Å². The van der Waals surface area contributed by atoms with Gasteiger partial charge in [-0.3, -0.25) is 9.69 Å². The van der Waals surface area contributed by atoms with Crippen LogP contribution in [0.25, 0.3) is 0 Å². The van der Waals surface area contributed by atoms with Gasteiger partial charge < -0.3 is 14.8 Å². The zero-order valence-electron chi connectivity index (χ0n) is 17.9. The molecule has 166 valence electrons. The van der Waals surface area contributed by atoms with Gasteiger partial charge in [0.1, 0.15) is 18.2 Å². The van der Waals surface area contributed by atoms with Gasteiger partial charge in [-0.15, -0.1) is 0 Å². The van der Waals surface area contributed by atoms with Crippen molar-refractivity contribution in [2.75, 3.05) is 44.8 Å². The number of rotatable bonds is 7. The Balaban J connectivity index is 1.36. The number of amides is 1. The number of nitrogens with zero attached hydrogens (tertiary/aromatic N) is 1. The Kier molecular flexibility index (Phi) is 7.20. The van der Waals surface area contributed by atoms with Crippen LogP contribution in [0.3, 0.4) is 0 Å². The summed E-state index contributed by atoms with van der Waals surface area (Å²) in [6.07, 6.45) is 5.03. The van der Waals surface area contributed by atoms with Crippen molar-refractivity contribution >= 4 is 11.6 Å². The van der Waals surface area contributed by atoms with Crippen molar-refractivity contribution in [1.29, 1.82) is 0 Å². The maximum Gasteiger partial charge on any atom is 0.235 e. The number of halogens is 1. The molecule has 2 aliphatic rings. The third-order valence-electron chi connectivity index (χ3n) is 6.41. The van der Waals surface area contributed by atoms with E-state index in [1.807, 2.05) is 24.3 Å². The van der Waals surface area contributed by atoms with E-state index in [0.717, 1.165) is 36.6 Å². The number of nitrogens with one attached hydrogen (secondary N) is 1. The largest absolute Gasteiger partial charge is 0.492 e. The molecule has 6 heteroatoms. The second-order valence-corrected chi connectivity index (χ2v) is 8.43. The number of anilines is 1. The van der Waals surface area contributed by atoms with Gasteiger partial charge in [-0.25, -0.2) is 4.39 Å². The number of piperidine rings is 1. The van der Waals surface area contributed by atoms with Gasteiger partial charge in [-0.2, -0.15) is 0 Å². The maximum atomic E-state index is 13.4. The van der Waals surface area contributed by atoms with Gasteiger partial charge in [0.15, 0.2) is 0 Å². The van der Waals surface area contributed by atoms with Crippen molar-refractivity contribution in [3.8, 4) is 5.75 Å². The highest BCUT2D eigenvalue weighted by Crippen LogP contribution is 2.36. The van der Waals surface area contributed by atoms with E-state index in [9.17, 15) is 9.18 Å². The summed E-state index contributed by atoms with van der Waals surface area (Å²) in [5.41, 5.74) is 0.837.